The van der Waals surface area contributed by atoms with E-state index in [4.69, 9.17) is 10.5 Å². The van der Waals surface area contributed by atoms with Crippen molar-refractivity contribution in [3.63, 3.8) is 0 Å². The first-order chi connectivity index (χ1) is 10.4. The number of carbonyl (C=O) groups is 2. The van der Waals surface area contributed by atoms with E-state index in [1.54, 1.807) is 18.5 Å². The average Bonchev–Trinajstić information content (AvgIpc) is 2.96. The molecule has 0 saturated heterocycles. The number of amides is 2. The molecule has 0 fully saturated rings. The van der Waals surface area contributed by atoms with Crippen molar-refractivity contribution in [2.75, 3.05) is 24.2 Å². The van der Waals surface area contributed by atoms with E-state index in [-0.39, 0.29) is 5.91 Å². The van der Waals surface area contributed by atoms with Gasteiger partial charge in [0.1, 0.15) is 0 Å². The lowest BCUT2D eigenvalue weighted by Crippen LogP contribution is -2.49. The Morgan fingerprint density at radius 3 is 2.86 bits per heavy atom. The fourth-order valence-corrected chi connectivity index (χ4v) is 3.07. The minimum atomic E-state index is -0.691. The van der Waals surface area contributed by atoms with Crippen molar-refractivity contribution in [3.05, 3.63) is 11.6 Å². The summed E-state index contributed by atoms with van der Waals surface area (Å²) in [5, 5.41) is 7.64. The monoisotopic (exact) mass is 346 g/mol. The van der Waals surface area contributed by atoms with Crippen LogP contribution in [0.3, 0.4) is 0 Å². The standard InChI is InChI=1S/C13H22N4O3S2/c1-4-20-12(19)16-6-8-22-13(2,3)9(14)10(18)17-11-15-5-7-21-11/h5,7,9H,4,6,8,14H2,1-3H3,(H,16,19)(H,15,17,18)/t9-/m1/s1. The zero-order valence-electron chi connectivity index (χ0n) is 12.9. The quantitative estimate of drug-likeness (QED) is 0.618. The Hall–Kier alpha value is -1.32. The molecule has 0 aliphatic carbocycles. The Morgan fingerprint density at radius 2 is 2.27 bits per heavy atom. The maximum atomic E-state index is 12.1. The van der Waals surface area contributed by atoms with Crippen LogP contribution in [0.2, 0.25) is 0 Å². The predicted octanol–water partition coefficient (Wildman–Crippen LogP) is 1.67. The van der Waals surface area contributed by atoms with Crippen LogP contribution in [0, 0.1) is 0 Å². The number of carbonyl (C=O) groups excluding carboxylic acids is 2. The Balaban J connectivity index is 2.37. The molecule has 22 heavy (non-hydrogen) atoms. The van der Waals surface area contributed by atoms with Crippen LogP contribution in [-0.4, -0.2) is 46.7 Å². The van der Waals surface area contributed by atoms with Crippen molar-refractivity contribution < 1.29 is 14.3 Å². The van der Waals surface area contributed by atoms with Crippen molar-refractivity contribution in [1.29, 1.82) is 0 Å². The third kappa shape index (κ3) is 6.20. The molecule has 9 heteroatoms. The maximum absolute atomic E-state index is 12.1. The minimum Gasteiger partial charge on any atom is -0.450 e. The maximum Gasteiger partial charge on any atom is 0.407 e. The molecule has 1 atom stereocenters. The van der Waals surface area contributed by atoms with Gasteiger partial charge in [0.25, 0.3) is 0 Å². The number of thiazole rings is 1. The fourth-order valence-electron chi connectivity index (χ4n) is 1.52. The Morgan fingerprint density at radius 1 is 1.55 bits per heavy atom. The van der Waals surface area contributed by atoms with E-state index in [0.29, 0.717) is 24.0 Å². The normalized spacial score (nSPS) is 12.5. The number of ether oxygens (including phenoxy) is 1. The van der Waals surface area contributed by atoms with E-state index in [2.05, 4.69) is 15.6 Å². The van der Waals surface area contributed by atoms with Gasteiger partial charge in [0.15, 0.2) is 5.13 Å². The molecule has 0 aliphatic rings. The summed E-state index contributed by atoms with van der Waals surface area (Å²) < 4.78 is 4.29. The fraction of sp³-hybridized carbons (Fsp3) is 0.615. The molecule has 0 bridgehead atoms. The van der Waals surface area contributed by atoms with Crippen LogP contribution < -0.4 is 16.4 Å². The van der Waals surface area contributed by atoms with Gasteiger partial charge in [0, 0.05) is 28.6 Å². The van der Waals surface area contributed by atoms with Gasteiger partial charge in [0.2, 0.25) is 5.91 Å². The van der Waals surface area contributed by atoms with Gasteiger partial charge in [-0.3, -0.25) is 4.79 Å². The van der Waals surface area contributed by atoms with E-state index >= 15 is 0 Å². The summed E-state index contributed by atoms with van der Waals surface area (Å²) in [6.45, 7) is 6.33. The number of anilines is 1. The van der Waals surface area contributed by atoms with Crippen LogP contribution in [0.4, 0.5) is 9.93 Å². The third-order valence-electron chi connectivity index (χ3n) is 2.81. The van der Waals surface area contributed by atoms with Gasteiger partial charge in [-0.2, -0.15) is 11.8 Å². The Bertz CT molecular complexity index is 480. The first-order valence-electron chi connectivity index (χ1n) is 6.87. The molecule has 1 heterocycles. The minimum absolute atomic E-state index is 0.272. The molecular formula is C13H22N4O3S2. The number of rotatable bonds is 8. The first-order valence-corrected chi connectivity index (χ1v) is 8.74. The molecule has 0 aromatic carbocycles. The third-order valence-corrected chi connectivity index (χ3v) is 4.91. The summed E-state index contributed by atoms with van der Waals surface area (Å²) >= 11 is 2.86. The van der Waals surface area contributed by atoms with E-state index in [1.165, 1.54) is 23.1 Å². The second kappa shape index (κ2) is 8.96. The van der Waals surface area contributed by atoms with Gasteiger partial charge in [0.05, 0.1) is 12.6 Å². The molecule has 1 aromatic heterocycles. The number of hydrogen-bond donors (Lipinski definition) is 3. The van der Waals surface area contributed by atoms with Gasteiger partial charge in [-0.15, -0.1) is 11.3 Å². The number of nitrogens with two attached hydrogens (primary N) is 1. The van der Waals surface area contributed by atoms with Gasteiger partial charge < -0.3 is 21.1 Å². The van der Waals surface area contributed by atoms with Crippen LogP contribution in [0.1, 0.15) is 20.8 Å². The van der Waals surface area contributed by atoms with Crippen molar-refractivity contribution in [3.8, 4) is 0 Å². The summed E-state index contributed by atoms with van der Waals surface area (Å²) in [6.07, 6.45) is 1.18. The average molecular weight is 346 g/mol. The lowest BCUT2D eigenvalue weighted by atomic mass is 10.0. The van der Waals surface area contributed by atoms with Crippen LogP contribution in [0.25, 0.3) is 0 Å². The summed E-state index contributed by atoms with van der Waals surface area (Å²) in [4.78, 5) is 27.3. The molecule has 0 saturated carbocycles. The summed E-state index contributed by atoms with van der Waals surface area (Å²) in [5.41, 5.74) is 6.03. The number of hydrogen-bond acceptors (Lipinski definition) is 7. The molecule has 4 N–H and O–H groups in total. The molecule has 1 aromatic rings. The summed E-state index contributed by atoms with van der Waals surface area (Å²) in [7, 11) is 0. The molecule has 2 amide bonds. The topological polar surface area (TPSA) is 106 Å². The highest BCUT2D eigenvalue weighted by atomic mass is 32.2. The van der Waals surface area contributed by atoms with E-state index in [1.807, 2.05) is 13.8 Å². The van der Waals surface area contributed by atoms with Gasteiger partial charge in [-0.25, -0.2) is 9.78 Å². The van der Waals surface area contributed by atoms with Crippen molar-refractivity contribution in [1.82, 2.24) is 10.3 Å². The highest BCUT2D eigenvalue weighted by Gasteiger charge is 2.32. The van der Waals surface area contributed by atoms with Gasteiger partial charge >= 0.3 is 6.09 Å². The smallest absolute Gasteiger partial charge is 0.407 e. The molecule has 0 aliphatic heterocycles. The zero-order valence-corrected chi connectivity index (χ0v) is 14.6. The second-order valence-corrected chi connectivity index (χ2v) is 7.55. The van der Waals surface area contributed by atoms with Crippen LogP contribution in [0.15, 0.2) is 11.6 Å². The number of alkyl carbamates (subject to hydrolysis) is 1. The molecule has 0 unspecified atom stereocenters. The summed E-state index contributed by atoms with van der Waals surface area (Å²) in [5.74, 6) is 0.357. The highest BCUT2D eigenvalue weighted by molar-refractivity contribution is 8.00. The lowest BCUT2D eigenvalue weighted by molar-refractivity contribution is -0.117. The van der Waals surface area contributed by atoms with Crippen LogP contribution >= 0.6 is 23.1 Å². The largest absolute Gasteiger partial charge is 0.450 e. The lowest BCUT2D eigenvalue weighted by Gasteiger charge is -2.29. The van der Waals surface area contributed by atoms with Crippen LogP contribution in [0.5, 0.6) is 0 Å². The number of nitrogens with one attached hydrogen (secondary N) is 2. The SMILES string of the molecule is CCOC(=O)NCCSC(C)(C)[C@H](N)C(=O)Nc1nccs1. The molecule has 124 valence electrons. The Kier molecular flexibility index (Phi) is 7.63. The highest BCUT2D eigenvalue weighted by Crippen LogP contribution is 2.27. The molecular weight excluding hydrogens is 324 g/mol. The number of nitrogens with zero attached hydrogens (tertiary/aromatic N) is 1. The Labute approximate surface area is 138 Å². The van der Waals surface area contributed by atoms with Crippen LogP contribution in [-0.2, 0) is 9.53 Å². The van der Waals surface area contributed by atoms with E-state index in [9.17, 15) is 9.59 Å². The second-order valence-electron chi connectivity index (χ2n) is 4.90. The van der Waals surface area contributed by atoms with Crippen molar-refractivity contribution >= 4 is 40.2 Å². The van der Waals surface area contributed by atoms with Gasteiger partial charge in [-0.05, 0) is 20.8 Å². The molecule has 0 radical (unpaired) electrons. The number of aromatic nitrogens is 1. The zero-order chi connectivity index (χ0) is 16.6. The van der Waals surface area contributed by atoms with Crippen molar-refractivity contribution in [2.45, 2.75) is 31.6 Å². The summed E-state index contributed by atoms with van der Waals surface area (Å²) in [6, 6.07) is -0.691. The molecule has 0 spiro atoms. The molecule has 7 nitrogen and oxygen atoms in total. The number of thioether (sulfide) groups is 1. The van der Waals surface area contributed by atoms with E-state index < -0.39 is 16.9 Å². The van der Waals surface area contributed by atoms with E-state index in [0.717, 1.165) is 0 Å². The first kappa shape index (κ1) is 18.7. The van der Waals surface area contributed by atoms with Gasteiger partial charge in [-0.1, -0.05) is 0 Å². The molecule has 1 rings (SSSR count). The predicted molar refractivity (Wildman–Crippen MR) is 90.3 cm³/mol. The van der Waals surface area contributed by atoms with Crippen molar-refractivity contribution in [2.24, 2.45) is 5.73 Å².